The van der Waals surface area contributed by atoms with Crippen molar-refractivity contribution in [2.24, 2.45) is 0 Å². The molecule has 8 nitrogen and oxygen atoms in total. The summed E-state index contributed by atoms with van der Waals surface area (Å²) in [6.45, 7) is 5.36. The van der Waals surface area contributed by atoms with Crippen molar-refractivity contribution in [2.75, 3.05) is 17.2 Å². The van der Waals surface area contributed by atoms with Crippen molar-refractivity contribution in [1.82, 2.24) is 4.90 Å². The van der Waals surface area contributed by atoms with Crippen LogP contribution in [-0.2, 0) is 15.7 Å². The van der Waals surface area contributed by atoms with E-state index < -0.39 is 41.5 Å². The maximum absolute atomic E-state index is 13.5. The zero-order valence-corrected chi connectivity index (χ0v) is 19.4. The standard InChI is InChI=1S/C24H26F3N3O5/c1-23(2,3)35-22(33)30-11-7-10-19(30)20(31)28-16-12-15(24(25,26)27)13-17(14-16)29-21(32)34-18-8-5-4-6-9-18/h4-6,8-9,12-14,19H,7,10-11H2,1-3H3,(H,28,31)(H,29,32). The van der Waals surface area contributed by atoms with Crippen LogP contribution in [0.15, 0.2) is 48.5 Å². The molecular formula is C24H26F3N3O5. The molecule has 35 heavy (non-hydrogen) atoms. The second kappa shape index (κ2) is 10.2. The quantitative estimate of drug-likeness (QED) is 0.573. The third-order valence-corrected chi connectivity index (χ3v) is 4.91. The molecule has 1 fully saturated rings. The van der Waals surface area contributed by atoms with Crippen LogP contribution in [0.1, 0.15) is 39.2 Å². The molecule has 0 radical (unpaired) electrons. The van der Waals surface area contributed by atoms with E-state index in [9.17, 15) is 27.6 Å². The molecule has 0 aromatic heterocycles. The second-order valence-electron chi connectivity index (χ2n) is 8.95. The van der Waals surface area contributed by atoms with Gasteiger partial charge in [0.25, 0.3) is 0 Å². The van der Waals surface area contributed by atoms with Crippen molar-refractivity contribution in [3.05, 3.63) is 54.1 Å². The molecule has 1 heterocycles. The minimum atomic E-state index is -4.74. The van der Waals surface area contributed by atoms with Crippen LogP contribution < -0.4 is 15.4 Å². The lowest BCUT2D eigenvalue weighted by molar-refractivity contribution is -0.137. The Balaban J connectivity index is 1.77. The number of amides is 3. The highest BCUT2D eigenvalue weighted by molar-refractivity contribution is 5.98. The van der Waals surface area contributed by atoms with Crippen molar-refractivity contribution in [2.45, 2.75) is 51.4 Å². The first kappa shape index (κ1) is 25.9. The highest BCUT2D eigenvalue weighted by Crippen LogP contribution is 2.34. The Morgan fingerprint density at radius 1 is 0.971 bits per heavy atom. The molecule has 1 aliphatic rings. The number of halogens is 3. The molecule has 188 valence electrons. The fraction of sp³-hybridized carbons (Fsp3) is 0.375. The van der Waals surface area contributed by atoms with Crippen LogP contribution in [-0.4, -0.2) is 41.2 Å². The predicted molar refractivity (Wildman–Crippen MR) is 122 cm³/mol. The van der Waals surface area contributed by atoms with Gasteiger partial charge in [-0.3, -0.25) is 15.0 Å². The lowest BCUT2D eigenvalue weighted by atomic mass is 10.1. The van der Waals surface area contributed by atoms with Gasteiger partial charge in [0.2, 0.25) is 5.91 Å². The van der Waals surface area contributed by atoms with Crippen LogP contribution in [0, 0.1) is 0 Å². The summed E-state index contributed by atoms with van der Waals surface area (Å²) in [5.74, 6) is -0.459. The van der Waals surface area contributed by atoms with Gasteiger partial charge in [-0.25, -0.2) is 9.59 Å². The first-order chi connectivity index (χ1) is 16.3. The van der Waals surface area contributed by atoms with Gasteiger partial charge in [-0.15, -0.1) is 0 Å². The van der Waals surface area contributed by atoms with Crippen molar-refractivity contribution in [1.29, 1.82) is 0 Å². The van der Waals surface area contributed by atoms with E-state index in [1.807, 2.05) is 0 Å². The van der Waals surface area contributed by atoms with Gasteiger partial charge in [-0.2, -0.15) is 13.2 Å². The number of hydrogen-bond donors (Lipinski definition) is 2. The van der Waals surface area contributed by atoms with Crippen LogP contribution in [0.5, 0.6) is 5.75 Å². The number of benzene rings is 2. The highest BCUT2D eigenvalue weighted by Gasteiger charge is 2.37. The number of ether oxygens (including phenoxy) is 2. The number of nitrogens with zero attached hydrogens (tertiary/aromatic N) is 1. The monoisotopic (exact) mass is 493 g/mol. The maximum atomic E-state index is 13.5. The number of hydrogen-bond acceptors (Lipinski definition) is 5. The number of anilines is 2. The van der Waals surface area contributed by atoms with Gasteiger partial charge < -0.3 is 14.8 Å². The Bertz CT molecular complexity index is 1080. The smallest absolute Gasteiger partial charge is 0.417 e. The number of nitrogens with one attached hydrogen (secondary N) is 2. The highest BCUT2D eigenvalue weighted by atomic mass is 19.4. The first-order valence-electron chi connectivity index (χ1n) is 10.9. The molecule has 2 N–H and O–H groups in total. The molecule has 0 saturated carbocycles. The van der Waals surface area contributed by atoms with E-state index >= 15 is 0 Å². The summed E-state index contributed by atoms with van der Waals surface area (Å²) in [4.78, 5) is 38.7. The average molecular weight is 493 g/mol. The lowest BCUT2D eigenvalue weighted by Gasteiger charge is -2.28. The normalized spacial score (nSPS) is 15.9. The van der Waals surface area contributed by atoms with Crippen LogP contribution in [0.4, 0.5) is 34.1 Å². The second-order valence-corrected chi connectivity index (χ2v) is 8.95. The van der Waals surface area contributed by atoms with Gasteiger partial charge in [0.1, 0.15) is 17.4 Å². The molecule has 11 heteroatoms. The molecule has 0 aliphatic carbocycles. The third kappa shape index (κ3) is 7.36. The van der Waals surface area contributed by atoms with Crippen molar-refractivity contribution >= 4 is 29.5 Å². The number of carbonyl (C=O) groups excluding carboxylic acids is 3. The van der Waals surface area contributed by atoms with Crippen molar-refractivity contribution in [3.63, 3.8) is 0 Å². The SMILES string of the molecule is CC(C)(C)OC(=O)N1CCCC1C(=O)Nc1cc(NC(=O)Oc2ccccc2)cc(C(F)(F)F)c1. The van der Waals surface area contributed by atoms with Crippen LogP contribution in [0.3, 0.4) is 0 Å². The minimum absolute atomic E-state index is 0.198. The topological polar surface area (TPSA) is 97.0 Å². The van der Waals surface area contributed by atoms with Crippen LogP contribution in [0.2, 0.25) is 0 Å². The summed E-state index contributed by atoms with van der Waals surface area (Å²) < 4.78 is 50.8. The van der Waals surface area contributed by atoms with Gasteiger partial charge in [0.05, 0.1) is 5.56 Å². The molecule has 1 aliphatic heterocycles. The number of carbonyl (C=O) groups is 3. The molecule has 3 amide bonds. The third-order valence-electron chi connectivity index (χ3n) is 4.91. The molecule has 2 aromatic rings. The molecule has 0 spiro atoms. The van der Waals surface area contributed by atoms with Gasteiger partial charge in [-0.05, 0) is 63.9 Å². The zero-order valence-electron chi connectivity index (χ0n) is 19.4. The van der Waals surface area contributed by atoms with Gasteiger partial charge in [-0.1, -0.05) is 18.2 Å². The molecular weight excluding hydrogens is 467 g/mol. The van der Waals surface area contributed by atoms with E-state index in [-0.39, 0.29) is 23.7 Å². The number of para-hydroxylation sites is 1. The summed E-state index contributed by atoms with van der Waals surface area (Å²) in [5, 5.41) is 4.67. The lowest BCUT2D eigenvalue weighted by Crippen LogP contribution is -2.45. The molecule has 1 saturated heterocycles. The van der Waals surface area contributed by atoms with E-state index in [1.54, 1.807) is 39.0 Å². The molecule has 0 bridgehead atoms. The fourth-order valence-electron chi connectivity index (χ4n) is 3.48. The van der Waals surface area contributed by atoms with E-state index in [2.05, 4.69) is 10.6 Å². The Kier molecular flexibility index (Phi) is 7.57. The average Bonchev–Trinajstić information content (AvgIpc) is 3.23. The first-order valence-corrected chi connectivity index (χ1v) is 10.9. The summed E-state index contributed by atoms with van der Waals surface area (Å²) in [5.41, 5.74) is -2.28. The summed E-state index contributed by atoms with van der Waals surface area (Å²) in [7, 11) is 0. The van der Waals surface area contributed by atoms with Crippen molar-refractivity contribution < 1.29 is 37.0 Å². The molecule has 3 rings (SSSR count). The summed E-state index contributed by atoms with van der Waals surface area (Å²) in [6, 6.07) is 9.73. The van der Waals surface area contributed by atoms with Gasteiger partial charge in [0.15, 0.2) is 0 Å². The van der Waals surface area contributed by atoms with Gasteiger partial charge >= 0.3 is 18.4 Å². The summed E-state index contributed by atoms with van der Waals surface area (Å²) >= 11 is 0. The van der Waals surface area contributed by atoms with Crippen LogP contribution >= 0.6 is 0 Å². The molecule has 2 aromatic carbocycles. The Labute approximate surface area is 200 Å². The zero-order chi connectivity index (χ0) is 25.8. The minimum Gasteiger partial charge on any atom is -0.444 e. The van der Waals surface area contributed by atoms with E-state index in [0.717, 1.165) is 12.1 Å². The molecule has 1 unspecified atom stereocenters. The largest absolute Gasteiger partial charge is 0.444 e. The van der Waals surface area contributed by atoms with Crippen LogP contribution in [0.25, 0.3) is 0 Å². The Hall–Kier alpha value is -3.76. The number of likely N-dealkylation sites (tertiary alicyclic amines) is 1. The van der Waals surface area contributed by atoms with E-state index in [1.165, 1.54) is 23.1 Å². The summed E-state index contributed by atoms with van der Waals surface area (Å²) in [6.07, 6.45) is -5.54. The Morgan fingerprint density at radius 3 is 2.20 bits per heavy atom. The van der Waals surface area contributed by atoms with E-state index in [4.69, 9.17) is 9.47 Å². The predicted octanol–water partition coefficient (Wildman–Crippen LogP) is 5.65. The molecule has 1 atom stereocenters. The number of alkyl halides is 3. The van der Waals surface area contributed by atoms with E-state index in [0.29, 0.717) is 12.8 Å². The number of rotatable bonds is 4. The Morgan fingerprint density at radius 2 is 1.60 bits per heavy atom. The van der Waals surface area contributed by atoms with Gasteiger partial charge in [0, 0.05) is 17.9 Å². The maximum Gasteiger partial charge on any atom is 0.417 e. The van der Waals surface area contributed by atoms with Crippen molar-refractivity contribution in [3.8, 4) is 5.75 Å². The fourth-order valence-corrected chi connectivity index (χ4v) is 3.48.